The first-order chi connectivity index (χ1) is 6.18. The summed E-state index contributed by atoms with van der Waals surface area (Å²) in [6, 6.07) is 1.42. The molecule has 2 rings (SSSR count). The number of aryl methyl sites for hydroxylation is 1. The van der Waals surface area contributed by atoms with Crippen LogP contribution >= 0.6 is 0 Å². The van der Waals surface area contributed by atoms with Gasteiger partial charge in [0.1, 0.15) is 0 Å². The Morgan fingerprint density at radius 2 is 2.38 bits per heavy atom. The number of fused-ring (bicyclic) bond motifs is 1. The molecule has 1 N–H and O–H groups in total. The first kappa shape index (κ1) is 7.72. The van der Waals surface area contributed by atoms with Crippen molar-refractivity contribution in [3.8, 4) is 0 Å². The predicted molar refractivity (Wildman–Crippen MR) is 44.7 cm³/mol. The maximum atomic E-state index is 10.6. The fraction of sp³-hybridized carbons (Fsp3) is 0.125. The van der Waals surface area contributed by atoms with Gasteiger partial charge in [-0.15, -0.1) is 0 Å². The molecule has 66 valence electrons. The minimum absolute atomic E-state index is 0.0381. The van der Waals surface area contributed by atoms with Gasteiger partial charge >= 0.3 is 5.97 Å². The molecule has 5 heteroatoms. The van der Waals surface area contributed by atoms with E-state index in [-0.39, 0.29) is 5.69 Å². The van der Waals surface area contributed by atoms with Gasteiger partial charge < -0.3 is 5.11 Å². The molecule has 0 fully saturated rings. The second-order valence-electron chi connectivity index (χ2n) is 2.71. The number of hydrogen-bond donors (Lipinski definition) is 1. The molecule has 0 saturated heterocycles. The summed E-state index contributed by atoms with van der Waals surface area (Å²) in [7, 11) is 0. The van der Waals surface area contributed by atoms with Crippen molar-refractivity contribution in [3.05, 3.63) is 29.7 Å². The van der Waals surface area contributed by atoms with E-state index in [1.54, 1.807) is 16.9 Å². The normalized spacial score (nSPS) is 10.5. The van der Waals surface area contributed by atoms with Crippen LogP contribution < -0.4 is 0 Å². The number of aromatic nitrogens is 3. The molecule has 0 atom stereocenters. The molecule has 0 aromatic carbocycles. The molecule has 0 bridgehead atoms. The molecular weight excluding hydrogens is 170 g/mol. The van der Waals surface area contributed by atoms with Crippen molar-refractivity contribution in [2.24, 2.45) is 0 Å². The summed E-state index contributed by atoms with van der Waals surface area (Å²) < 4.78 is 1.54. The van der Waals surface area contributed by atoms with E-state index in [0.29, 0.717) is 5.65 Å². The Balaban J connectivity index is 2.72. The highest BCUT2D eigenvalue weighted by atomic mass is 16.4. The Hall–Kier alpha value is -1.91. The Morgan fingerprint density at radius 3 is 3.08 bits per heavy atom. The molecule has 0 unspecified atom stereocenters. The molecule has 5 nitrogen and oxygen atoms in total. The summed E-state index contributed by atoms with van der Waals surface area (Å²) in [6.07, 6.45) is 3.23. The summed E-state index contributed by atoms with van der Waals surface area (Å²) >= 11 is 0. The van der Waals surface area contributed by atoms with Gasteiger partial charge in [0.15, 0.2) is 11.3 Å². The van der Waals surface area contributed by atoms with E-state index in [1.807, 2.05) is 6.92 Å². The molecule has 0 aliphatic carbocycles. The van der Waals surface area contributed by atoms with Gasteiger partial charge in [-0.25, -0.2) is 14.3 Å². The number of carboxylic acids is 1. The molecule has 0 aliphatic rings. The molecule has 0 radical (unpaired) electrons. The summed E-state index contributed by atoms with van der Waals surface area (Å²) in [5.74, 6) is -1.02. The smallest absolute Gasteiger partial charge is 0.354 e. The second kappa shape index (κ2) is 2.55. The molecule has 2 heterocycles. The third kappa shape index (κ3) is 1.14. The monoisotopic (exact) mass is 177 g/mol. The van der Waals surface area contributed by atoms with Gasteiger partial charge in [-0.2, -0.15) is 5.10 Å². The van der Waals surface area contributed by atoms with E-state index < -0.39 is 5.97 Å². The number of carbonyl (C=O) groups is 1. The SMILES string of the molecule is Cc1cnn2ccc(C(=O)O)nc12. The van der Waals surface area contributed by atoms with Crippen LogP contribution in [0.4, 0.5) is 0 Å². The number of rotatable bonds is 1. The van der Waals surface area contributed by atoms with Crippen molar-refractivity contribution in [1.82, 2.24) is 14.6 Å². The third-order valence-corrected chi connectivity index (χ3v) is 1.76. The first-order valence-corrected chi connectivity index (χ1v) is 3.73. The van der Waals surface area contributed by atoms with Crippen molar-refractivity contribution < 1.29 is 9.90 Å². The fourth-order valence-electron chi connectivity index (χ4n) is 1.10. The quantitative estimate of drug-likeness (QED) is 0.697. The maximum absolute atomic E-state index is 10.6. The van der Waals surface area contributed by atoms with Gasteiger partial charge in [0.05, 0.1) is 6.20 Å². The molecule has 0 aliphatic heterocycles. The average Bonchev–Trinajstić information content (AvgIpc) is 2.47. The molecule has 2 aromatic heterocycles. The van der Waals surface area contributed by atoms with Gasteiger partial charge in [-0.3, -0.25) is 0 Å². The highest BCUT2D eigenvalue weighted by Gasteiger charge is 2.07. The van der Waals surface area contributed by atoms with Crippen LogP contribution in [0.2, 0.25) is 0 Å². The van der Waals surface area contributed by atoms with E-state index >= 15 is 0 Å². The largest absolute Gasteiger partial charge is 0.477 e. The van der Waals surface area contributed by atoms with Gasteiger partial charge in [0.2, 0.25) is 0 Å². The fourth-order valence-corrected chi connectivity index (χ4v) is 1.10. The molecule has 0 spiro atoms. The lowest BCUT2D eigenvalue weighted by atomic mass is 10.3. The van der Waals surface area contributed by atoms with Crippen LogP contribution in [0, 0.1) is 6.92 Å². The van der Waals surface area contributed by atoms with E-state index in [0.717, 1.165) is 5.56 Å². The van der Waals surface area contributed by atoms with Crippen LogP contribution in [0.1, 0.15) is 16.1 Å². The van der Waals surface area contributed by atoms with Crippen LogP contribution in [-0.4, -0.2) is 25.7 Å². The van der Waals surface area contributed by atoms with Crippen molar-refractivity contribution >= 4 is 11.6 Å². The lowest BCUT2D eigenvalue weighted by molar-refractivity contribution is 0.0690. The Labute approximate surface area is 73.6 Å². The zero-order valence-electron chi connectivity index (χ0n) is 6.93. The van der Waals surface area contributed by atoms with Crippen molar-refractivity contribution in [3.63, 3.8) is 0 Å². The molecular formula is C8H7N3O2. The molecule has 2 aromatic rings. The second-order valence-corrected chi connectivity index (χ2v) is 2.71. The van der Waals surface area contributed by atoms with Crippen LogP contribution in [-0.2, 0) is 0 Å². The van der Waals surface area contributed by atoms with Crippen LogP contribution in [0.25, 0.3) is 5.65 Å². The summed E-state index contributed by atoms with van der Waals surface area (Å²) in [5.41, 5.74) is 1.49. The maximum Gasteiger partial charge on any atom is 0.354 e. The van der Waals surface area contributed by atoms with Crippen LogP contribution in [0.15, 0.2) is 18.5 Å². The highest BCUT2D eigenvalue weighted by molar-refractivity contribution is 5.85. The predicted octanol–water partition coefficient (Wildman–Crippen LogP) is 0.736. The van der Waals surface area contributed by atoms with Gasteiger partial charge in [0.25, 0.3) is 0 Å². The van der Waals surface area contributed by atoms with Crippen LogP contribution in [0.5, 0.6) is 0 Å². The van der Waals surface area contributed by atoms with Gasteiger partial charge in [0, 0.05) is 11.8 Å². The minimum atomic E-state index is -1.02. The van der Waals surface area contributed by atoms with E-state index in [9.17, 15) is 4.79 Å². The molecule has 0 saturated carbocycles. The Morgan fingerprint density at radius 1 is 1.62 bits per heavy atom. The van der Waals surface area contributed by atoms with Crippen molar-refractivity contribution in [1.29, 1.82) is 0 Å². The average molecular weight is 177 g/mol. The summed E-state index contributed by atoms with van der Waals surface area (Å²) in [6.45, 7) is 1.83. The lowest BCUT2D eigenvalue weighted by Crippen LogP contribution is -2.02. The standard InChI is InChI=1S/C8H7N3O2/c1-5-4-9-11-3-2-6(8(12)13)10-7(5)11/h2-4H,1H3,(H,12,13). The minimum Gasteiger partial charge on any atom is -0.477 e. The zero-order valence-corrected chi connectivity index (χ0v) is 6.93. The Bertz CT molecular complexity index is 475. The van der Waals surface area contributed by atoms with E-state index in [4.69, 9.17) is 5.11 Å². The third-order valence-electron chi connectivity index (χ3n) is 1.76. The van der Waals surface area contributed by atoms with E-state index in [2.05, 4.69) is 10.1 Å². The highest BCUT2D eigenvalue weighted by Crippen LogP contribution is 2.06. The number of aromatic carboxylic acids is 1. The lowest BCUT2D eigenvalue weighted by Gasteiger charge is -1.95. The van der Waals surface area contributed by atoms with E-state index in [1.165, 1.54) is 6.07 Å². The number of nitrogens with zero attached hydrogens (tertiary/aromatic N) is 3. The van der Waals surface area contributed by atoms with Crippen LogP contribution in [0.3, 0.4) is 0 Å². The molecule has 13 heavy (non-hydrogen) atoms. The zero-order chi connectivity index (χ0) is 9.42. The van der Waals surface area contributed by atoms with Gasteiger partial charge in [-0.05, 0) is 13.0 Å². The Kier molecular flexibility index (Phi) is 1.51. The van der Waals surface area contributed by atoms with Crippen molar-refractivity contribution in [2.45, 2.75) is 6.92 Å². The van der Waals surface area contributed by atoms with Gasteiger partial charge in [-0.1, -0.05) is 0 Å². The number of carboxylic acid groups (broad SMARTS) is 1. The van der Waals surface area contributed by atoms with Crippen molar-refractivity contribution in [2.75, 3.05) is 0 Å². The molecule has 0 amide bonds. The summed E-state index contributed by atoms with van der Waals surface area (Å²) in [4.78, 5) is 14.5. The number of hydrogen-bond acceptors (Lipinski definition) is 3. The summed E-state index contributed by atoms with van der Waals surface area (Å²) in [5, 5.41) is 12.7. The first-order valence-electron chi connectivity index (χ1n) is 3.73. The topological polar surface area (TPSA) is 67.5 Å².